The molecule has 1 aliphatic carbocycles. The van der Waals surface area contributed by atoms with Gasteiger partial charge in [0.05, 0.1) is 0 Å². The SMILES string of the molecule is CCCCCCCC1(CNCC)CCC(CCCC)CC1. The highest BCUT2D eigenvalue weighted by Gasteiger charge is 2.34. The van der Waals surface area contributed by atoms with Gasteiger partial charge in [-0.1, -0.05) is 72.1 Å². The molecule has 1 saturated carbocycles. The van der Waals surface area contributed by atoms with Crippen LogP contribution in [0.4, 0.5) is 0 Å². The molecule has 1 rings (SSSR count). The molecule has 0 heterocycles. The van der Waals surface area contributed by atoms with Crippen LogP contribution in [0, 0.1) is 11.3 Å². The van der Waals surface area contributed by atoms with Crippen molar-refractivity contribution in [3.63, 3.8) is 0 Å². The van der Waals surface area contributed by atoms with Crippen LogP contribution in [0.1, 0.15) is 104 Å². The second-order valence-corrected chi connectivity index (χ2v) is 7.53. The predicted octanol–water partition coefficient (Wildman–Crippen LogP) is 6.32. The fourth-order valence-electron chi connectivity index (χ4n) is 4.08. The molecular weight excluding hydrogens is 254 g/mol. The van der Waals surface area contributed by atoms with Crippen molar-refractivity contribution in [1.29, 1.82) is 0 Å². The maximum atomic E-state index is 3.67. The van der Waals surface area contributed by atoms with E-state index in [1.54, 1.807) is 0 Å². The van der Waals surface area contributed by atoms with Crippen LogP contribution in [0.15, 0.2) is 0 Å². The Kier molecular flexibility index (Phi) is 10.4. The topological polar surface area (TPSA) is 12.0 Å². The summed E-state index contributed by atoms with van der Waals surface area (Å²) >= 11 is 0. The van der Waals surface area contributed by atoms with Crippen LogP contribution in [0.5, 0.6) is 0 Å². The maximum Gasteiger partial charge on any atom is 0.000769 e. The minimum atomic E-state index is 0.644. The molecule has 0 aliphatic heterocycles. The molecule has 0 unspecified atom stereocenters. The lowest BCUT2D eigenvalue weighted by Crippen LogP contribution is -2.37. The Morgan fingerprint density at radius 2 is 1.52 bits per heavy atom. The average molecular weight is 296 g/mol. The van der Waals surface area contributed by atoms with E-state index in [4.69, 9.17) is 0 Å². The largest absolute Gasteiger partial charge is 0.316 e. The summed E-state index contributed by atoms with van der Waals surface area (Å²) in [5.74, 6) is 1.04. The first-order valence-corrected chi connectivity index (χ1v) is 9.97. The zero-order chi connectivity index (χ0) is 15.4. The second kappa shape index (κ2) is 11.5. The molecular formula is C20H41N. The van der Waals surface area contributed by atoms with Gasteiger partial charge < -0.3 is 5.32 Å². The normalized spacial score (nSPS) is 26.1. The van der Waals surface area contributed by atoms with Crippen molar-refractivity contribution in [3.8, 4) is 0 Å². The van der Waals surface area contributed by atoms with Crippen LogP contribution in [-0.4, -0.2) is 13.1 Å². The lowest BCUT2D eigenvalue weighted by molar-refractivity contribution is 0.124. The Hall–Kier alpha value is -0.0400. The van der Waals surface area contributed by atoms with Gasteiger partial charge in [0.1, 0.15) is 0 Å². The highest BCUT2D eigenvalue weighted by Crippen LogP contribution is 2.43. The van der Waals surface area contributed by atoms with Crippen LogP contribution < -0.4 is 5.32 Å². The average Bonchev–Trinajstić information content (AvgIpc) is 2.52. The minimum Gasteiger partial charge on any atom is -0.316 e. The van der Waals surface area contributed by atoms with Crippen molar-refractivity contribution in [2.24, 2.45) is 11.3 Å². The van der Waals surface area contributed by atoms with E-state index < -0.39 is 0 Å². The van der Waals surface area contributed by atoms with Gasteiger partial charge in [0.2, 0.25) is 0 Å². The molecule has 1 nitrogen and oxygen atoms in total. The van der Waals surface area contributed by atoms with Crippen molar-refractivity contribution < 1.29 is 0 Å². The monoisotopic (exact) mass is 295 g/mol. The molecule has 1 N–H and O–H groups in total. The molecule has 0 aromatic heterocycles. The van der Waals surface area contributed by atoms with Gasteiger partial charge in [-0.2, -0.15) is 0 Å². The zero-order valence-corrected chi connectivity index (χ0v) is 15.2. The van der Waals surface area contributed by atoms with Crippen LogP contribution in [0.25, 0.3) is 0 Å². The van der Waals surface area contributed by atoms with Crippen LogP contribution >= 0.6 is 0 Å². The van der Waals surface area contributed by atoms with Crippen LogP contribution in [-0.2, 0) is 0 Å². The molecule has 1 fully saturated rings. The molecule has 0 atom stereocenters. The first-order valence-electron chi connectivity index (χ1n) is 9.97. The summed E-state index contributed by atoms with van der Waals surface area (Å²) in [6.45, 7) is 9.30. The molecule has 1 heteroatoms. The van der Waals surface area contributed by atoms with Gasteiger partial charge in [-0.05, 0) is 50.0 Å². The summed E-state index contributed by atoms with van der Waals surface area (Å²) in [6, 6.07) is 0. The molecule has 0 aromatic carbocycles. The first kappa shape index (κ1) is 19.0. The van der Waals surface area contributed by atoms with E-state index in [1.807, 2.05) is 0 Å². The van der Waals surface area contributed by atoms with Gasteiger partial charge in [0, 0.05) is 6.54 Å². The summed E-state index contributed by atoms with van der Waals surface area (Å²) in [5.41, 5.74) is 0.644. The molecule has 126 valence electrons. The third kappa shape index (κ3) is 7.68. The first-order chi connectivity index (χ1) is 10.3. The predicted molar refractivity (Wildman–Crippen MR) is 95.8 cm³/mol. The van der Waals surface area contributed by atoms with Gasteiger partial charge in [-0.25, -0.2) is 0 Å². The van der Waals surface area contributed by atoms with Gasteiger partial charge in [0.15, 0.2) is 0 Å². The molecule has 0 aromatic rings. The minimum absolute atomic E-state index is 0.644. The standard InChI is InChI=1S/C20H41N/c1-4-7-9-10-11-15-20(18-21-6-3)16-13-19(14-17-20)12-8-5-2/h19,21H,4-18H2,1-3H3. The summed E-state index contributed by atoms with van der Waals surface area (Å²) in [6.07, 6.45) is 18.9. The number of unbranched alkanes of at least 4 members (excludes halogenated alkanes) is 5. The van der Waals surface area contributed by atoms with Crippen molar-refractivity contribution in [1.82, 2.24) is 5.32 Å². The molecule has 0 amide bonds. The van der Waals surface area contributed by atoms with Crippen molar-refractivity contribution in [3.05, 3.63) is 0 Å². The van der Waals surface area contributed by atoms with Gasteiger partial charge >= 0.3 is 0 Å². The van der Waals surface area contributed by atoms with Crippen LogP contribution in [0.3, 0.4) is 0 Å². The fraction of sp³-hybridized carbons (Fsp3) is 1.00. The van der Waals surface area contributed by atoms with E-state index >= 15 is 0 Å². The summed E-state index contributed by atoms with van der Waals surface area (Å²) in [4.78, 5) is 0. The third-order valence-corrected chi connectivity index (χ3v) is 5.69. The van der Waals surface area contributed by atoms with E-state index in [0.29, 0.717) is 5.41 Å². The third-order valence-electron chi connectivity index (χ3n) is 5.69. The smallest absolute Gasteiger partial charge is 0.000769 e. The molecule has 0 saturated heterocycles. The quantitative estimate of drug-likeness (QED) is 0.415. The molecule has 21 heavy (non-hydrogen) atoms. The van der Waals surface area contributed by atoms with Gasteiger partial charge in [0.25, 0.3) is 0 Å². The Morgan fingerprint density at radius 3 is 2.14 bits per heavy atom. The van der Waals surface area contributed by atoms with E-state index in [-0.39, 0.29) is 0 Å². The molecule has 0 spiro atoms. The Balaban J connectivity index is 2.33. The maximum absolute atomic E-state index is 3.67. The van der Waals surface area contributed by atoms with Gasteiger partial charge in [-0.15, -0.1) is 0 Å². The lowest BCUT2D eigenvalue weighted by atomic mass is 9.67. The summed E-state index contributed by atoms with van der Waals surface area (Å²) < 4.78 is 0. The van der Waals surface area contributed by atoms with Gasteiger partial charge in [-0.3, -0.25) is 0 Å². The fourth-order valence-corrected chi connectivity index (χ4v) is 4.08. The summed E-state index contributed by atoms with van der Waals surface area (Å²) in [5, 5.41) is 3.67. The van der Waals surface area contributed by atoms with Crippen molar-refractivity contribution in [2.45, 2.75) is 104 Å². The summed E-state index contributed by atoms with van der Waals surface area (Å²) in [7, 11) is 0. The Bertz CT molecular complexity index is 222. The van der Waals surface area contributed by atoms with Crippen LogP contribution in [0.2, 0.25) is 0 Å². The van der Waals surface area contributed by atoms with E-state index in [2.05, 4.69) is 26.1 Å². The number of hydrogen-bond acceptors (Lipinski definition) is 1. The number of rotatable bonds is 12. The highest BCUT2D eigenvalue weighted by molar-refractivity contribution is 4.87. The number of nitrogens with one attached hydrogen (secondary N) is 1. The van der Waals surface area contributed by atoms with Crippen molar-refractivity contribution in [2.75, 3.05) is 13.1 Å². The van der Waals surface area contributed by atoms with E-state index in [1.165, 1.54) is 90.0 Å². The lowest BCUT2D eigenvalue weighted by Gasteiger charge is -2.41. The Morgan fingerprint density at radius 1 is 0.857 bits per heavy atom. The highest BCUT2D eigenvalue weighted by atomic mass is 14.9. The number of hydrogen-bond donors (Lipinski definition) is 1. The Labute approximate surface area is 134 Å². The molecule has 0 radical (unpaired) electrons. The van der Waals surface area contributed by atoms with Crippen molar-refractivity contribution >= 4 is 0 Å². The second-order valence-electron chi connectivity index (χ2n) is 7.53. The van der Waals surface area contributed by atoms with E-state index in [9.17, 15) is 0 Å². The molecule has 0 bridgehead atoms. The molecule has 1 aliphatic rings. The zero-order valence-electron chi connectivity index (χ0n) is 15.2. The van der Waals surface area contributed by atoms with E-state index in [0.717, 1.165) is 12.5 Å².